The summed E-state index contributed by atoms with van der Waals surface area (Å²) in [5.74, 6) is -0.876. The normalized spacial score (nSPS) is 17.2. The van der Waals surface area contributed by atoms with Crippen LogP contribution < -0.4 is 0 Å². The summed E-state index contributed by atoms with van der Waals surface area (Å²) in [4.78, 5) is 29.9. The van der Waals surface area contributed by atoms with Gasteiger partial charge < -0.3 is 4.90 Å². The summed E-state index contributed by atoms with van der Waals surface area (Å²) in [5.41, 5.74) is 4.73. The minimum absolute atomic E-state index is 0.142. The number of carbonyl (C=O) groups is 2. The van der Waals surface area contributed by atoms with Crippen LogP contribution in [0.25, 0.3) is 5.57 Å². The van der Waals surface area contributed by atoms with Crippen LogP contribution in [0.2, 0.25) is 0 Å². The molecule has 2 amide bonds. The molecule has 0 aromatic heterocycles. The summed E-state index contributed by atoms with van der Waals surface area (Å²) < 4.78 is 13.2. The maximum Gasteiger partial charge on any atom is 0.278 e. The van der Waals surface area contributed by atoms with Gasteiger partial charge in [0.25, 0.3) is 11.8 Å². The van der Waals surface area contributed by atoms with Gasteiger partial charge in [0.1, 0.15) is 11.5 Å². The molecule has 0 radical (unpaired) electrons. The predicted octanol–water partition coefficient (Wildman–Crippen LogP) is 3.82. The van der Waals surface area contributed by atoms with Crippen molar-refractivity contribution in [2.24, 2.45) is 0 Å². The molecule has 2 heterocycles. The van der Waals surface area contributed by atoms with Crippen LogP contribution in [0.3, 0.4) is 0 Å². The van der Waals surface area contributed by atoms with Crippen LogP contribution in [-0.2, 0) is 16.1 Å². The number of hydrogen-bond acceptors (Lipinski definition) is 3. The monoisotopic (exact) mass is 378 g/mol. The molecule has 0 unspecified atom stereocenters. The average molecular weight is 378 g/mol. The minimum atomic E-state index is -0.338. The third-order valence-electron chi connectivity index (χ3n) is 5.62. The molecule has 28 heavy (non-hydrogen) atoms. The van der Waals surface area contributed by atoms with Gasteiger partial charge in [-0.15, -0.1) is 0 Å². The molecule has 0 bridgehead atoms. The molecule has 2 aromatic carbocycles. The first-order chi connectivity index (χ1) is 13.5. The molecule has 0 spiro atoms. The van der Waals surface area contributed by atoms with Gasteiger partial charge >= 0.3 is 0 Å². The number of benzene rings is 2. The van der Waals surface area contributed by atoms with Crippen LogP contribution in [0.4, 0.5) is 4.39 Å². The third kappa shape index (κ3) is 3.21. The van der Waals surface area contributed by atoms with Crippen LogP contribution in [0.1, 0.15) is 35.1 Å². The van der Waals surface area contributed by atoms with Gasteiger partial charge in [0.15, 0.2) is 0 Å². The first-order valence-electron chi connectivity index (χ1n) is 9.63. The number of hydrogen-bond donors (Lipinski definition) is 0. The van der Waals surface area contributed by atoms with Crippen molar-refractivity contribution in [3.05, 3.63) is 76.2 Å². The number of rotatable bonds is 4. The van der Waals surface area contributed by atoms with E-state index in [9.17, 15) is 14.0 Å². The molecular weight excluding hydrogens is 355 g/mol. The Hall–Kier alpha value is -2.95. The summed E-state index contributed by atoms with van der Waals surface area (Å²) >= 11 is 0. The minimum Gasteiger partial charge on any atom is -0.366 e. The molecule has 1 saturated heterocycles. The highest BCUT2D eigenvalue weighted by Gasteiger charge is 2.42. The fourth-order valence-corrected chi connectivity index (χ4v) is 3.87. The highest BCUT2D eigenvalue weighted by Crippen LogP contribution is 2.34. The summed E-state index contributed by atoms with van der Waals surface area (Å²) in [6.07, 6.45) is 2.03. The first-order valence-corrected chi connectivity index (χ1v) is 9.63. The van der Waals surface area contributed by atoms with Gasteiger partial charge in [-0.3, -0.25) is 14.5 Å². The Labute approximate surface area is 164 Å². The number of aryl methyl sites for hydroxylation is 2. The van der Waals surface area contributed by atoms with Crippen molar-refractivity contribution in [2.75, 3.05) is 13.1 Å². The molecule has 0 N–H and O–H groups in total. The van der Waals surface area contributed by atoms with E-state index in [4.69, 9.17) is 0 Å². The van der Waals surface area contributed by atoms with E-state index in [-0.39, 0.29) is 24.2 Å². The molecule has 0 atom stereocenters. The lowest BCUT2D eigenvalue weighted by Gasteiger charge is -2.20. The van der Waals surface area contributed by atoms with Crippen LogP contribution in [-0.4, -0.2) is 34.7 Å². The Balaban J connectivity index is 1.74. The van der Waals surface area contributed by atoms with Gasteiger partial charge in [0.05, 0.1) is 12.1 Å². The number of likely N-dealkylation sites (tertiary alicyclic amines) is 1. The Morgan fingerprint density at radius 1 is 0.893 bits per heavy atom. The first kappa shape index (κ1) is 18.4. The van der Waals surface area contributed by atoms with E-state index in [0.717, 1.165) is 48.2 Å². The standard InChI is InChI=1S/C23H23FN2O2/c1-15-5-8-18(13-16(15)2)20-21(25-11-3-4-12-25)23(28)26(22(20)27)14-17-6-9-19(24)10-7-17/h5-10,13H,3-4,11-12,14H2,1-2H3. The largest absolute Gasteiger partial charge is 0.366 e. The molecular formula is C23H23FN2O2. The van der Waals surface area contributed by atoms with E-state index >= 15 is 0 Å². The van der Waals surface area contributed by atoms with Crippen molar-refractivity contribution < 1.29 is 14.0 Å². The van der Waals surface area contributed by atoms with Gasteiger partial charge in [-0.2, -0.15) is 0 Å². The zero-order valence-corrected chi connectivity index (χ0v) is 16.2. The molecule has 1 fully saturated rings. The van der Waals surface area contributed by atoms with E-state index in [1.165, 1.54) is 17.0 Å². The van der Waals surface area contributed by atoms with Crippen molar-refractivity contribution in [3.8, 4) is 0 Å². The van der Waals surface area contributed by atoms with Gasteiger partial charge in [0.2, 0.25) is 0 Å². The van der Waals surface area contributed by atoms with Crippen LogP contribution >= 0.6 is 0 Å². The fraction of sp³-hybridized carbons (Fsp3) is 0.304. The van der Waals surface area contributed by atoms with Crippen LogP contribution in [0.15, 0.2) is 48.2 Å². The van der Waals surface area contributed by atoms with Crippen molar-refractivity contribution in [3.63, 3.8) is 0 Å². The highest BCUT2D eigenvalue weighted by atomic mass is 19.1. The van der Waals surface area contributed by atoms with Gasteiger partial charge in [-0.05, 0) is 61.1 Å². The second-order valence-electron chi connectivity index (χ2n) is 7.54. The zero-order chi connectivity index (χ0) is 19.8. The number of imide groups is 1. The Kier molecular flexibility index (Phi) is 4.75. The maximum atomic E-state index is 13.3. The second-order valence-corrected chi connectivity index (χ2v) is 7.54. The van der Waals surface area contributed by atoms with Crippen molar-refractivity contribution in [1.82, 2.24) is 9.80 Å². The molecule has 4 nitrogen and oxygen atoms in total. The molecule has 0 saturated carbocycles. The SMILES string of the molecule is Cc1ccc(C2=C(N3CCCC3)C(=O)N(Cc3ccc(F)cc3)C2=O)cc1C. The third-order valence-corrected chi connectivity index (χ3v) is 5.62. The smallest absolute Gasteiger partial charge is 0.278 e. The van der Waals surface area contributed by atoms with E-state index in [0.29, 0.717) is 11.3 Å². The predicted molar refractivity (Wildman–Crippen MR) is 106 cm³/mol. The Bertz CT molecular complexity index is 973. The van der Waals surface area contributed by atoms with Gasteiger partial charge in [-0.25, -0.2) is 4.39 Å². The molecule has 144 valence electrons. The number of halogens is 1. The van der Waals surface area contributed by atoms with Gasteiger partial charge in [0, 0.05) is 13.1 Å². The lowest BCUT2D eigenvalue weighted by atomic mass is 9.99. The van der Waals surface area contributed by atoms with E-state index in [1.54, 1.807) is 12.1 Å². The summed E-state index contributed by atoms with van der Waals surface area (Å²) in [6, 6.07) is 11.8. The molecule has 2 aromatic rings. The Morgan fingerprint density at radius 3 is 2.21 bits per heavy atom. The topological polar surface area (TPSA) is 40.6 Å². The number of carbonyl (C=O) groups excluding carboxylic acids is 2. The van der Waals surface area contributed by atoms with Crippen LogP contribution in [0.5, 0.6) is 0 Å². The van der Waals surface area contributed by atoms with Crippen molar-refractivity contribution in [2.45, 2.75) is 33.2 Å². The summed E-state index contributed by atoms with van der Waals surface area (Å²) in [7, 11) is 0. The number of amides is 2. The molecule has 0 aliphatic carbocycles. The average Bonchev–Trinajstić information content (AvgIpc) is 3.28. The maximum absolute atomic E-state index is 13.3. The van der Waals surface area contributed by atoms with E-state index < -0.39 is 0 Å². The summed E-state index contributed by atoms with van der Waals surface area (Å²) in [6.45, 7) is 5.74. The quantitative estimate of drug-likeness (QED) is 0.760. The van der Waals surface area contributed by atoms with Crippen molar-refractivity contribution >= 4 is 17.4 Å². The molecule has 2 aliphatic heterocycles. The molecule has 5 heteroatoms. The Morgan fingerprint density at radius 2 is 1.57 bits per heavy atom. The molecule has 2 aliphatic rings. The lowest BCUT2D eigenvalue weighted by Crippen LogP contribution is -2.34. The highest BCUT2D eigenvalue weighted by molar-refractivity contribution is 6.35. The lowest BCUT2D eigenvalue weighted by molar-refractivity contribution is -0.138. The fourth-order valence-electron chi connectivity index (χ4n) is 3.87. The van der Waals surface area contributed by atoms with E-state index in [2.05, 4.69) is 0 Å². The van der Waals surface area contributed by atoms with Gasteiger partial charge in [-0.1, -0.05) is 30.3 Å². The zero-order valence-electron chi connectivity index (χ0n) is 16.2. The van der Waals surface area contributed by atoms with E-state index in [1.807, 2.05) is 36.9 Å². The second kappa shape index (κ2) is 7.23. The molecule has 4 rings (SSSR count). The number of nitrogens with zero attached hydrogens (tertiary/aromatic N) is 2. The van der Waals surface area contributed by atoms with Crippen molar-refractivity contribution in [1.29, 1.82) is 0 Å². The summed E-state index contributed by atoms with van der Waals surface area (Å²) in [5, 5.41) is 0. The van der Waals surface area contributed by atoms with Crippen LogP contribution in [0, 0.1) is 19.7 Å².